The maximum absolute atomic E-state index is 12.1. The summed E-state index contributed by atoms with van der Waals surface area (Å²) in [5, 5.41) is 12.8. The predicted octanol–water partition coefficient (Wildman–Crippen LogP) is -0.623. The van der Waals surface area contributed by atoms with Gasteiger partial charge in [0.1, 0.15) is 4.90 Å². The lowest BCUT2D eigenvalue weighted by atomic mass is 10.4. The molecule has 0 amide bonds. The van der Waals surface area contributed by atoms with Crippen LogP contribution in [0.1, 0.15) is 6.42 Å². The molecule has 0 saturated heterocycles. The van der Waals surface area contributed by atoms with E-state index in [1.165, 1.54) is 24.5 Å². The molecule has 0 saturated carbocycles. The van der Waals surface area contributed by atoms with Gasteiger partial charge in [-0.15, -0.1) is 0 Å². The van der Waals surface area contributed by atoms with E-state index in [-0.39, 0.29) is 10.7 Å². The van der Waals surface area contributed by atoms with Crippen molar-refractivity contribution in [2.24, 2.45) is 0 Å². The summed E-state index contributed by atoms with van der Waals surface area (Å²) in [4.78, 5) is 10.9. The molecule has 2 aromatic rings. The molecule has 0 aliphatic rings. The molecule has 9 nitrogen and oxygen atoms in total. The molecular formula is C11H16N6O3S. The minimum atomic E-state index is -3.77. The number of hydrogen-bond acceptors (Lipinski definition) is 6. The molecular weight excluding hydrogens is 296 g/mol. The number of sulfonamides is 1. The highest BCUT2D eigenvalue weighted by Gasteiger charge is 2.17. The third-order valence-corrected chi connectivity index (χ3v) is 3.96. The van der Waals surface area contributed by atoms with Gasteiger partial charge in [-0.3, -0.25) is 14.2 Å². The van der Waals surface area contributed by atoms with Gasteiger partial charge in [-0.2, -0.15) is 10.2 Å². The summed E-state index contributed by atoms with van der Waals surface area (Å²) in [6.07, 6.45) is 3.56. The first kappa shape index (κ1) is 15.2. The Bertz CT molecular complexity index is 731. The summed E-state index contributed by atoms with van der Waals surface area (Å²) in [7, 11) is -1.92. The van der Waals surface area contributed by atoms with Crippen molar-refractivity contribution in [3.05, 3.63) is 34.9 Å². The molecule has 2 heterocycles. The molecule has 0 unspecified atom stereocenters. The van der Waals surface area contributed by atoms with Gasteiger partial charge in [-0.1, -0.05) is 0 Å². The van der Waals surface area contributed by atoms with Crippen molar-refractivity contribution >= 4 is 15.8 Å². The molecule has 0 bridgehead atoms. The van der Waals surface area contributed by atoms with Crippen molar-refractivity contribution in [2.75, 3.05) is 18.3 Å². The van der Waals surface area contributed by atoms with Crippen molar-refractivity contribution < 1.29 is 8.42 Å². The van der Waals surface area contributed by atoms with Gasteiger partial charge in [-0.25, -0.2) is 13.5 Å². The van der Waals surface area contributed by atoms with E-state index in [1.807, 2.05) is 7.05 Å². The molecule has 2 rings (SSSR count). The lowest BCUT2D eigenvalue weighted by Gasteiger charge is -2.04. The average Bonchev–Trinajstić information content (AvgIpc) is 2.91. The first-order valence-electron chi connectivity index (χ1n) is 6.27. The highest BCUT2D eigenvalue weighted by molar-refractivity contribution is 7.92. The number of aryl methyl sites for hydroxylation is 1. The van der Waals surface area contributed by atoms with Gasteiger partial charge in [0.05, 0.1) is 6.20 Å². The Balaban J connectivity index is 2.08. The van der Waals surface area contributed by atoms with Crippen molar-refractivity contribution in [1.29, 1.82) is 0 Å². The number of nitrogens with zero attached hydrogens (tertiary/aromatic N) is 3. The van der Waals surface area contributed by atoms with Crippen LogP contribution in [0.4, 0.5) is 5.82 Å². The Kier molecular flexibility index (Phi) is 4.70. The summed E-state index contributed by atoms with van der Waals surface area (Å²) in [6.45, 7) is 1.44. The molecule has 0 radical (unpaired) electrons. The fourth-order valence-corrected chi connectivity index (χ4v) is 2.57. The summed E-state index contributed by atoms with van der Waals surface area (Å²) >= 11 is 0. The van der Waals surface area contributed by atoms with E-state index in [9.17, 15) is 13.2 Å². The average molecular weight is 312 g/mol. The van der Waals surface area contributed by atoms with Crippen molar-refractivity contribution in [3.8, 4) is 0 Å². The van der Waals surface area contributed by atoms with Crippen LogP contribution in [0, 0.1) is 0 Å². The molecule has 114 valence electrons. The first-order valence-corrected chi connectivity index (χ1v) is 7.75. The maximum atomic E-state index is 12.1. The van der Waals surface area contributed by atoms with Gasteiger partial charge in [0.25, 0.3) is 15.6 Å². The molecule has 2 aromatic heterocycles. The van der Waals surface area contributed by atoms with Crippen molar-refractivity contribution in [1.82, 2.24) is 25.3 Å². The van der Waals surface area contributed by atoms with Gasteiger partial charge in [-0.05, 0) is 26.1 Å². The number of nitrogens with one attached hydrogen (secondary N) is 3. The summed E-state index contributed by atoms with van der Waals surface area (Å²) < 4.78 is 28.1. The van der Waals surface area contributed by atoms with Crippen LogP contribution >= 0.6 is 0 Å². The highest BCUT2D eigenvalue weighted by atomic mass is 32.2. The van der Waals surface area contributed by atoms with E-state index in [0.717, 1.165) is 13.0 Å². The second-order valence-electron chi connectivity index (χ2n) is 4.31. The highest BCUT2D eigenvalue weighted by Crippen LogP contribution is 2.12. The second kappa shape index (κ2) is 6.50. The van der Waals surface area contributed by atoms with Crippen molar-refractivity contribution in [2.45, 2.75) is 17.9 Å². The Morgan fingerprint density at radius 3 is 2.86 bits per heavy atom. The van der Waals surface area contributed by atoms with Gasteiger partial charge >= 0.3 is 0 Å². The number of hydrogen-bond donors (Lipinski definition) is 3. The van der Waals surface area contributed by atoms with E-state index in [4.69, 9.17) is 0 Å². The fraction of sp³-hybridized carbons (Fsp3) is 0.364. The lowest BCUT2D eigenvalue weighted by molar-refractivity contribution is 0.561. The third kappa shape index (κ3) is 4.13. The van der Waals surface area contributed by atoms with Gasteiger partial charge in [0.15, 0.2) is 5.82 Å². The zero-order valence-electron chi connectivity index (χ0n) is 11.4. The van der Waals surface area contributed by atoms with Crippen LogP contribution < -0.4 is 15.6 Å². The molecule has 0 fully saturated rings. The number of H-pyrrole nitrogens is 1. The molecule has 0 aliphatic heterocycles. The van der Waals surface area contributed by atoms with E-state index in [2.05, 4.69) is 25.3 Å². The summed E-state index contributed by atoms with van der Waals surface area (Å²) in [5.74, 6) is 0.0394. The number of aromatic amines is 1. The van der Waals surface area contributed by atoms with Crippen LogP contribution in [-0.2, 0) is 16.6 Å². The molecule has 0 aliphatic carbocycles. The van der Waals surface area contributed by atoms with E-state index in [0.29, 0.717) is 6.54 Å². The SMILES string of the molecule is CNCCCn1cc(S(=O)(=O)Nc2ccc(=O)[nH]n2)cn1. The standard InChI is InChI=1S/C11H16N6O3S/c1-12-5-2-6-17-8-9(7-13-17)21(19,20)16-10-3-4-11(18)15-14-10/h3-4,7-8,12H,2,5-6H2,1H3,(H,14,16)(H,15,18). The zero-order valence-corrected chi connectivity index (χ0v) is 12.2. The minimum absolute atomic E-state index is 0.0394. The zero-order chi connectivity index (χ0) is 15.3. The fourth-order valence-electron chi connectivity index (χ4n) is 1.62. The third-order valence-electron chi connectivity index (χ3n) is 2.65. The Labute approximate surface area is 121 Å². The lowest BCUT2D eigenvalue weighted by Crippen LogP contribution is -2.16. The molecule has 0 spiro atoms. The van der Waals surface area contributed by atoms with Crippen LogP contribution in [0.3, 0.4) is 0 Å². The van der Waals surface area contributed by atoms with Crippen LogP contribution in [0.5, 0.6) is 0 Å². The number of rotatable bonds is 7. The van der Waals surface area contributed by atoms with Crippen LogP contribution in [0.25, 0.3) is 0 Å². The molecule has 10 heteroatoms. The largest absolute Gasteiger partial charge is 0.320 e. The Morgan fingerprint density at radius 2 is 2.19 bits per heavy atom. The quantitative estimate of drug-likeness (QED) is 0.586. The van der Waals surface area contributed by atoms with Gasteiger partial charge in [0.2, 0.25) is 0 Å². The van der Waals surface area contributed by atoms with Crippen LogP contribution in [-0.4, -0.2) is 42.0 Å². The molecule has 0 atom stereocenters. The molecule has 0 aromatic carbocycles. The number of aromatic nitrogens is 4. The molecule has 21 heavy (non-hydrogen) atoms. The van der Waals surface area contributed by atoms with Crippen LogP contribution in [0.2, 0.25) is 0 Å². The summed E-state index contributed by atoms with van der Waals surface area (Å²) in [6, 6.07) is 2.47. The first-order chi connectivity index (χ1) is 10.0. The second-order valence-corrected chi connectivity index (χ2v) is 5.99. The van der Waals surface area contributed by atoms with Gasteiger partial charge in [0, 0.05) is 18.8 Å². The Morgan fingerprint density at radius 1 is 1.38 bits per heavy atom. The summed E-state index contributed by atoms with van der Waals surface area (Å²) in [5.41, 5.74) is -0.407. The minimum Gasteiger partial charge on any atom is -0.320 e. The van der Waals surface area contributed by atoms with E-state index in [1.54, 1.807) is 4.68 Å². The topological polar surface area (TPSA) is 122 Å². The van der Waals surface area contributed by atoms with E-state index < -0.39 is 15.6 Å². The Hall–Kier alpha value is -2.20. The predicted molar refractivity (Wildman–Crippen MR) is 76.4 cm³/mol. The number of anilines is 1. The van der Waals surface area contributed by atoms with Crippen molar-refractivity contribution in [3.63, 3.8) is 0 Å². The molecule has 3 N–H and O–H groups in total. The van der Waals surface area contributed by atoms with E-state index >= 15 is 0 Å². The maximum Gasteiger partial charge on any atom is 0.266 e. The normalized spacial score (nSPS) is 11.5. The van der Waals surface area contributed by atoms with Crippen LogP contribution in [0.15, 0.2) is 34.2 Å². The smallest absolute Gasteiger partial charge is 0.266 e. The van der Waals surface area contributed by atoms with Gasteiger partial charge < -0.3 is 5.32 Å². The monoisotopic (exact) mass is 312 g/mol.